The van der Waals surface area contributed by atoms with E-state index in [9.17, 15) is 4.79 Å². The minimum absolute atomic E-state index is 0.213. The summed E-state index contributed by atoms with van der Waals surface area (Å²) in [7, 11) is 0. The Kier molecular flexibility index (Phi) is 6.73. The molecule has 1 heterocycles. The quantitative estimate of drug-likeness (QED) is 0.759. The highest BCUT2D eigenvalue weighted by Gasteiger charge is 2.11. The highest BCUT2D eigenvalue weighted by molar-refractivity contribution is 9.10. The lowest BCUT2D eigenvalue weighted by molar-refractivity contribution is 0.102. The van der Waals surface area contributed by atoms with Gasteiger partial charge in [-0.1, -0.05) is 35.8 Å². The van der Waals surface area contributed by atoms with Gasteiger partial charge in [-0.2, -0.15) is 0 Å². The molecule has 0 fully saturated rings. The molecule has 0 spiro atoms. The van der Waals surface area contributed by atoms with Crippen molar-refractivity contribution in [1.82, 2.24) is 9.97 Å². The first-order valence-corrected chi connectivity index (χ1v) is 8.99. The summed E-state index contributed by atoms with van der Waals surface area (Å²) >= 11 is 3.47. The number of amides is 1. The van der Waals surface area contributed by atoms with E-state index < -0.39 is 0 Å². The van der Waals surface area contributed by atoms with Crippen LogP contribution in [0.2, 0.25) is 0 Å². The van der Waals surface area contributed by atoms with Crippen LogP contribution in [0.5, 0.6) is 0 Å². The molecule has 0 bridgehead atoms. The van der Waals surface area contributed by atoms with Crippen LogP contribution in [-0.2, 0) is 0 Å². The number of aryl methyl sites for hydroxylation is 1. The first-order valence-electron chi connectivity index (χ1n) is 8.19. The molecule has 0 unspecified atom stereocenters. The molecule has 0 atom stereocenters. The molecule has 1 N–H and O–H groups in total. The average molecular weight is 391 g/mol. The van der Waals surface area contributed by atoms with Crippen LogP contribution < -0.4 is 10.2 Å². The van der Waals surface area contributed by atoms with Gasteiger partial charge in [-0.15, -0.1) is 0 Å². The monoisotopic (exact) mass is 390 g/mol. The summed E-state index contributed by atoms with van der Waals surface area (Å²) in [6.45, 7) is 8.09. The van der Waals surface area contributed by atoms with E-state index in [0.717, 1.165) is 41.7 Å². The number of nitrogens with zero attached hydrogens (tertiary/aromatic N) is 3. The second-order valence-electron chi connectivity index (χ2n) is 5.68. The zero-order chi connectivity index (χ0) is 17.5. The van der Waals surface area contributed by atoms with Crippen molar-refractivity contribution in [2.45, 2.75) is 33.6 Å². The Labute approximate surface area is 151 Å². The number of carbonyl (C=O) groups excluding carboxylic acids is 1. The lowest BCUT2D eigenvalue weighted by atomic mass is 10.2. The van der Waals surface area contributed by atoms with Gasteiger partial charge in [0.05, 0.1) is 5.56 Å². The van der Waals surface area contributed by atoms with E-state index in [2.05, 4.69) is 50.0 Å². The number of aromatic nitrogens is 2. The van der Waals surface area contributed by atoms with Gasteiger partial charge in [0.2, 0.25) is 5.95 Å². The molecule has 6 heteroatoms. The van der Waals surface area contributed by atoms with E-state index in [1.165, 1.54) is 0 Å². The number of nitrogens with one attached hydrogen (secondary N) is 1. The Balaban J connectivity index is 2.08. The van der Waals surface area contributed by atoms with Crippen LogP contribution in [0.4, 0.5) is 11.6 Å². The summed E-state index contributed by atoms with van der Waals surface area (Å²) in [5.74, 6) is 0.461. The summed E-state index contributed by atoms with van der Waals surface area (Å²) in [6.07, 6.45) is 5.24. The van der Waals surface area contributed by atoms with Gasteiger partial charge in [0.1, 0.15) is 0 Å². The summed E-state index contributed by atoms with van der Waals surface area (Å²) in [5.41, 5.74) is 2.30. The standard InChI is InChI=1S/C18H23BrN4O/c1-4-8-23(9-5-2)18-20-11-14(12-21-18)17(24)22-15-7-6-13(3)16(19)10-15/h6-7,10-12H,4-5,8-9H2,1-3H3,(H,22,24). The highest BCUT2D eigenvalue weighted by Crippen LogP contribution is 2.21. The summed E-state index contributed by atoms with van der Waals surface area (Å²) < 4.78 is 0.960. The van der Waals surface area contributed by atoms with Gasteiger partial charge in [0.15, 0.2) is 0 Å². The molecule has 1 aromatic heterocycles. The molecule has 0 aliphatic heterocycles. The molecule has 2 rings (SSSR count). The van der Waals surface area contributed by atoms with Crippen molar-refractivity contribution < 1.29 is 4.79 Å². The van der Waals surface area contributed by atoms with Crippen molar-refractivity contribution in [3.8, 4) is 0 Å². The van der Waals surface area contributed by atoms with E-state index in [1.807, 2.05) is 25.1 Å². The minimum atomic E-state index is -0.213. The zero-order valence-corrected chi connectivity index (χ0v) is 15.9. The summed E-state index contributed by atoms with van der Waals surface area (Å²) in [4.78, 5) is 23.2. The molecule has 1 amide bonds. The summed E-state index contributed by atoms with van der Waals surface area (Å²) in [6, 6.07) is 5.71. The molecule has 128 valence electrons. The molecular formula is C18H23BrN4O. The van der Waals surface area contributed by atoms with E-state index in [1.54, 1.807) is 12.4 Å². The van der Waals surface area contributed by atoms with E-state index in [0.29, 0.717) is 11.5 Å². The third-order valence-electron chi connectivity index (χ3n) is 3.60. The van der Waals surface area contributed by atoms with Crippen molar-refractivity contribution >= 4 is 33.5 Å². The van der Waals surface area contributed by atoms with Crippen LogP contribution in [-0.4, -0.2) is 29.0 Å². The van der Waals surface area contributed by atoms with Crippen LogP contribution in [0.3, 0.4) is 0 Å². The Bertz CT molecular complexity index is 682. The van der Waals surface area contributed by atoms with Gasteiger partial charge in [-0.3, -0.25) is 4.79 Å². The van der Waals surface area contributed by atoms with Crippen molar-refractivity contribution in [3.05, 3.63) is 46.2 Å². The smallest absolute Gasteiger partial charge is 0.258 e. The number of rotatable bonds is 7. The fourth-order valence-electron chi connectivity index (χ4n) is 2.33. The van der Waals surface area contributed by atoms with Crippen LogP contribution in [0.1, 0.15) is 42.6 Å². The van der Waals surface area contributed by atoms with E-state index >= 15 is 0 Å². The normalized spacial score (nSPS) is 10.5. The number of benzene rings is 1. The van der Waals surface area contributed by atoms with Gasteiger partial charge in [-0.05, 0) is 37.5 Å². The number of hydrogen-bond acceptors (Lipinski definition) is 4. The summed E-state index contributed by atoms with van der Waals surface area (Å²) in [5, 5.41) is 2.86. The molecule has 2 aromatic rings. The van der Waals surface area contributed by atoms with Gasteiger partial charge in [0.25, 0.3) is 5.91 Å². The third kappa shape index (κ3) is 4.77. The number of hydrogen-bond donors (Lipinski definition) is 1. The molecule has 0 saturated carbocycles. The van der Waals surface area contributed by atoms with Crippen molar-refractivity contribution in [1.29, 1.82) is 0 Å². The van der Waals surface area contributed by atoms with Crippen LogP contribution >= 0.6 is 15.9 Å². The molecule has 0 aliphatic carbocycles. The lowest BCUT2D eigenvalue weighted by Gasteiger charge is -2.21. The van der Waals surface area contributed by atoms with Gasteiger partial charge >= 0.3 is 0 Å². The second-order valence-corrected chi connectivity index (χ2v) is 6.53. The van der Waals surface area contributed by atoms with Crippen LogP contribution in [0.15, 0.2) is 35.1 Å². The minimum Gasteiger partial charge on any atom is -0.341 e. The molecule has 0 radical (unpaired) electrons. The zero-order valence-electron chi connectivity index (χ0n) is 14.3. The van der Waals surface area contributed by atoms with Crippen molar-refractivity contribution in [2.24, 2.45) is 0 Å². The topological polar surface area (TPSA) is 58.1 Å². The van der Waals surface area contributed by atoms with E-state index in [4.69, 9.17) is 0 Å². The maximum atomic E-state index is 12.3. The SMILES string of the molecule is CCCN(CCC)c1ncc(C(=O)Nc2ccc(C)c(Br)c2)cn1. The predicted octanol–water partition coefficient (Wildman–Crippen LogP) is 4.43. The molecular weight excluding hydrogens is 368 g/mol. The molecule has 0 saturated heterocycles. The third-order valence-corrected chi connectivity index (χ3v) is 4.45. The Morgan fingerprint density at radius 2 is 1.79 bits per heavy atom. The maximum absolute atomic E-state index is 12.3. The molecule has 1 aromatic carbocycles. The number of carbonyl (C=O) groups is 1. The first-order chi connectivity index (χ1) is 11.5. The largest absolute Gasteiger partial charge is 0.341 e. The van der Waals surface area contributed by atoms with Crippen LogP contribution in [0, 0.1) is 6.92 Å². The van der Waals surface area contributed by atoms with Gasteiger partial charge in [0, 0.05) is 35.6 Å². The first kappa shape index (κ1) is 18.4. The second kappa shape index (κ2) is 8.78. The van der Waals surface area contributed by atoms with Crippen molar-refractivity contribution in [3.63, 3.8) is 0 Å². The van der Waals surface area contributed by atoms with Crippen LogP contribution in [0.25, 0.3) is 0 Å². The molecule has 0 aliphatic rings. The Morgan fingerprint density at radius 3 is 2.33 bits per heavy atom. The highest BCUT2D eigenvalue weighted by atomic mass is 79.9. The fraction of sp³-hybridized carbons (Fsp3) is 0.389. The fourth-order valence-corrected chi connectivity index (χ4v) is 2.71. The number of halogens is 1. The van der Waals surface area contributed by atoms with E-state index in [-0.39, 0.29) is 5.91 Å². The van der Waals surface area contributed by atoms with Gasteiger partial charge < -0.3 is 10.2 Å². The Morgan fingerprint density at radius 1 is 1.17 bits per heavy atom. The molecule has 24 heavy (non-hydrogen) atoms. The number of anilines is 2. The van der Waals surface area contributed by atoms with Crippen molar-refractivity contribution in [2.75, 3.05) is 23.3 Å². The average Bonchev–Trinajstić information content (AvgIpc) is 2.58. The van der Waals surface area contributed by atoms with Gasteiger partial charge in [-0.25, -0.2) is 9.97 Å². The Hall–Kier alpha value is -1.95. The predicted molar refractivity (Wildman–Crippen MR) is 102 cm³/mol. The lowest BCUT2D eigenvalue weighted by Crippen LogP contribution is -2.27. The molecule has 5 nitrogen and oxygen atoms in total. The maximum Gasteiger partial charge on any atom is 0.258 e.